The standard InChI is InChI=1S/C25H25FN2O3S/c1-32(30,31)21-11-7-10-19(16-21)24(18-8-3-2-4-9-18)27-25(29)22-13-12-20(26)17-23(22)28-14-5-6-15-28/h2-4,7-13,16-17,24H,5-6,14-15H2,1H3,(H,27,29). The van der Waals surface area contributed by atoms with Crippen LogP contribution in [0.3, 0.4) is 0 Å². The Morgan fingerprint density at radius 2 is 1.62 bits per heavy atom. The molecule has 4 rings (SSSR count). The zero-order valence-electron chi connectivity index (χ0n) is 17.8. The van der Waals surface area contributed by atoms with Crippen LogP contribution in [-0.2, 0) is 9.84 Å². The molecule has 0 saturated carbocycles. The topological polar surface area (TPSA) is 66.5 Å². The number of benzene rings is 3. The summed E-state index contributed by atoms with van der Waals surface area (Å²) in [4.78, 5) is 15.6. The molecule has 7 heteroatoms. The lowest BCUT2D eigenvalue weighted by molar-refractivity contribution is 0.0943. The number of hydrogen-bond acceptors (Lipinski definition) is 4. The Bertz CT molecular complexity index is 1220. The van der Waals surface area contributed by atoms with Crippen LogP contribution in [0.5, 0.6) is 0 Å². The Morgan fingerprint density at radius 1 is 0.938 bits per heavy atom. The first-order valence-corrected chi connectivity index (χ1v) is 12.4. The second kappa shape index (κ2) is 9.12. The minimum absolute atomic E-state index is 0.185. The van der Waals surface area contributed by atoms with E-state index in [4.69, 9.17) is 0 Å². The third-order valence-corrected chi connectivity index (χ3v) is 6.79. The highest BCUT2D eigenvalue weighted by molar-refractivity contribution is 7.90. The van der Waals surface area contributed by atoms with E-state index in [2.05, 4.69) is 5.32 Å². The molecule has 1 aliphatic rings. The summed E-state index contributed by atoms with van der Waals surface area (Å²) in [7, 11) is -3.41. The Morgan fingerprint density at radius 3 is 2.31 bits per heavy atom. The van der Waals surface area contributed by atoms with Crippen molar-refractivity contribution in [3.63, 3.8) is 0 Å². The highest BCUT2D eigenvalue weighted by Gasteiger charge is 2.24. The highest BCUT2D eigenvalue weighted by atomic mass is 32.2. The number of sulfone groups is 1. The molecule has 3 aromatic rings. The largest absolute Gasteiger partial charge is 0.371 e. The minimum atomic E-state index is -3.41. The van der Waals surface area contributed by atoms with Crippen molar-refractivity contribution in [2.45, 2.75) is 23.8 Å². The monoisotopic (exact) mass is 452 g/mol. The maximum absolute atomic E-state index is 14.0. The molecule has 3 aromatic carbocycles. The Labute approximate surface area is 187 Å². The SMILES string of the molecule is CS(=O)(=O)c1cccc(C(NC(=O)c2ccc(F)cc2N2CCCC2)c2ccccc2)c1. The van der Waals surface area contributed by atoms with Gasteiger partial charge < -0.3 is 10.2 Å². The highest BCUT2D eigenvalue weighted by Crippen LogP contribution is 2.29. The van der Waals surface area contributed by atoms with Gasteiger partial charge in [0, 0.05) is 19.3 Å². The van der Waals surface area contributed by atoms with Crippen LogP contribution in [0.2, 0.25) is 0 Å². The number of rotatable bonds is 6. The smallest absolute Gasteiger partial charge is 0.254 e. The van der Waals surface area contributed by atoms with Gasteiger partial charge in [0.1, 0.15) is 5.82 Å². The predicted molar refractivity (Wildman–Crippen MR) is 123 cm³/mol. The molecule has 1 aliphatic heterocycles. The molecule has 0 spiro atoms. The van der Waals surface area contributed by atoms with Gasteiger partial charge in [-0.1, -0.05) is 42.5 Å². The quantitative estimate of drug-likeness (QED) is 0.604. The van der Waals surface area contributed by atoms with E-state index >= 15 is 0 Å². The van der Waals surface area contributed by atoms with Gasteiger partial charge in [-0.25, -0.2) is 12.8 Å². The Balaban J connectivity index is 1.73. The van der Waals surface area contributed by atoms with Crippen molar-refractivity contribution < 1.29 is 17.6 Å². The number of carbonyl (C=O) groups is 1. The fraction of sp³-hybridized carbons (Fsp3) is 0.240. The van der Waals surface area contributed by atoms with Gasteiger partial charge in [0.05, 0.1) is 22.2 Å². The van der Waals surface area contributed by atoms with Gasteiger partial charge in [-0.15, -0.1) is 0 Å². The van der Waals surface area contributed by atoms with Crippen LogP contribution in [-0.4, -0.2) is 33.7 Å². The maximum atomic E-state index is 14.0. The van der Waals surface area contributed by atoms with Crippen LogP contribution in [0, 0.1) is 5.82 Å². The normalized spacial score (nSPS) is 14.9. The van der Waals surface area contributed by atoms with Crippen LogP contribution in [0.15, 0.2) is 77.7 Å². The number of anilines is 1. The summed E-state index contributed by atoms with van der Waals surface area (Å²) >= 11 is 0. The Hall–Kier alpha value is -3.19. The Kier molecular flexibility index (Phi) is 6.28. The van der Waals surface area contributed by atoms with Crippen molar-refractivity contribution in [1.82, 2.24) is 5.32 Å². The first-order chi connectivity index (χ1) is 15.3. The molecule has 0 bridgehead atoms. The average Bonchev–Trinajstić information content (AvgIpc) is 3.32. The van der Waals surface area contributed by atoms with Crippen LogP contribution < -0.4 is 10.2 Å². The van der Waals surface area contributed by atoms with E-state index in [0.29, 0.717) is 16.8 Å². The lowest BCUT2D eigenvalue weighted by atomic mass is 9.98. The molecule has 0 radical (unpaired) electrons. The first-order valence-electron chi connectivity index (χ1n) is 10.5. The molecule has 32 heavy (non-hydrogen) atoms. The van der Waals surface area contributed by atoms with Crippen LogP contribution in [0.1, 0.15) is 40.4 Å². The summed E-state index contributed by atoms with van der Waals surface area (Å²) < 4.78 is 38.2. The molecule has 5 nitrogen and oxygen atoms in total. The fourth-order valence-electron chi connectivity index (χ4n) is 4.05. The number of nitrogens with zero attached hydrogens (tertiary/aromatic N) is 1. The van der Waals surface area contributed by atoms with Gasteiger partial charge in [0.2, 0.25) is 0 Å². The summed E-state index contributed by atoms with van der Waals surface area (Å²) in [5.41, 5.74) is 2.44. The van der Waals surface area contributed by atoms with E-state index in [9.17, 15) is 17.6 Å². The van der Waals surface area contributed by atoms with Crippen molar-refractivity contribution in [2.75, 3.05) is 24.2 Å². The predicted octanol–water partition coefficient (Wildman–Crippen LogP) is 4.35. The third kappa shape index (κ3) is 4.83. The number of amides is 1. The van der Waals surface area contributed by atoms with Gasteiger partial charge in [-0.2, -0.15) is 0 Å². The van der Waals surface area contributed by atoms with E-state index < -0.39 is 15.9 Å². The minimum Gasteiger partial charge on any atom is -0.371 e. The molecule has 1 unspecified atom stereocenters. The zero-order valence-corrected chi connectivity index (χ0v) is 18.6. The molecule has 166 valence electrons. The zero-order chi connectivity index (χ0) is 22.7. The molecule has 1 N–H and O–H groups in total. The molecule has 0 aliphatic carbocycles. The molecular formula is C25H25FN2O3S. The summed E-state index contributed by atoms with van der Waals surface area (Å²) in [6, 6.07) is 19.6. The van der Waals surface area contributed by atoms with Gasteiger partial charge in [-0.3, -0.25) is 4.79 Å². The van der Waals surface area contributed by atoms with E-state index in [1.165, 1.54) is 24.3 Å². The molecule has 1 heterocycles. The van der Waals surface area contributed by atoms with Crippen molar-refractivity contribution in [3.05, 3.63) is 95.3 Å². The molecular weight excluding hydrogens is 427 g/mol. The lowest BCUT2D eigenvalue weighted by Gasteiger charge is -2.24. The molecule has 1 fully saturated rings. The van der Waals surface area contributed by atoms with E-state index in [-0.39, 0.29) is 16.6 Å². The van der Waals surface area contributed by atoms with Crippen LogP contribution >= 0.6 is 0 Å². The van der Waals surface area contributed by atoms with E-state index in [1.54, 1.807) is 18.2 Å². The van der Waals surface area contributed by atoms with Crippen molar-refractivity contribution in [3.8, 4) is 0 Å². The van der Waals surface area contributed by atoms with Crippen molar-refractivity contribution >= 4 is 21.4 Å². The number of carbonyl (C=O) groups excluding carboxylic acids is 1. The molecule has 1 atom stereocenters. The van der Waals surface area contributed by atoms with E-state index in [0.717, 1.165) is 37.8 Å². The van der Waals surface area contributed by atoms with Crippen molar-refractivity contribution in [2.24, 2.45) is 0 Å². The number of nitrogens with one attached hydrogen (secondary N) is 1. The van der Waals surface area contributed by atoms with Gasteiger partial charge in [-0.05, 0) is 54.3 Å². The molecule has 1 saturated heterocycles. The summed E-state index contributed by atoms with van der Waals surface area (Å²) in [6.07, 6.45) is 3.16. The van der Waals surface area contributed by atoms with Crippen LogP contribution in [0.4, 0.5) is 10.1 Å². The summed E-state index contributed by atoms with van der Waals surface area (Å²) in [5.74, 6) is -0.727. The number of halogens is 1. The van der Waals surface area contributed by atoms with Crippen molar-refractivity contribution in [1.29, 1.82) is 0 Å². The van der Waals surface area contributed by atoms with Gasteiger partial charge in [0.15, 0.2) is 9.84 Å². The second-order valence-electron chi connectivity index (χ2n) is 8.02. The van der Waals surface area contributed by atoms with Gasteiger partial charge >= 0.3 is 0 Å². The number of hydrogen-bond donors (Lipinski definition) is 1. The van der Waals surface area contributed by atoms with E-state index in [1.807, 2.05) is 35.2 Å². The first kappa shape index (κ1) is 22.0. The molecule has 1 amide bonds. The van der Waals surface area contributed by atoms with Crippen LogP contribution in [0.25, 0.3) is 0 Å². The fourth-order valence-corrected chi connectivity index (χ4v) is 4.73. The second-order valence-corrected chi connectivity index (χ2v) is 10.0. The lowest BCUT2D eigenvalue weighted by Crippen LogP contribution is -2.31. The summed E-state index contributed by atoms with van der Waals surface area (Å²) in [5, 5.41) is 3.05. The molecule has 0 aromatic heterocycles. The van der Waals surface area contributed by atoms with Gasteiger partial charge in [0.25, 0.3) is 5.91 Å². The maximum Gasteiger partial charge on any atom is 0.254 e. The average molecular weight is 453 g/mol. The summed E-state index contributed by atoms with van der Waals surface area (Å²) in [6.45, 7) is 1.56. The third-order valence-electron chi connectivity index (χ3n) is 5.68.